The van der Waals surface area contributed by atoms with E-state index in [0.29, 0.717) is 6.54 Å². The van der Waals surface area contributed by atoms with Crippen molar-refractivity contribution in [3.05, 3.63) is 59.7 Å². The second kappa shape index (κ2) is 6.12. The molecule has 0 aliphatic heterocycles. The number of rotatable bonds is 5. The fourth-order valence-corrected chi connectivity index (χ4v) is 1.67. The Labute approximate surface area is 106 Å². The number of hydrogen-bond acceptors (Lipinski definition) is 3. The predicted molar refractivity (Wildman–Crippen MR) is 67.7 cm³/mol. The van der Waals surface area contributed by atoms with Crippen molar-refractivity contribution in [2.24, 2.45) is 0 Å². The highest BCUT2D eigenvalue weighted by molar-refractivity contribution is 5.29. The van der Waals surface area contributed by atoms with Gasteiger partial charge in [-0.05, 0) is 35.4 Å². The van der Waals surface area contributed by atoms with E-state index in [9.17, 15) is 4.39 Å². The van der Waals surface area contributed by atoms with Gasteiger partial charge in [0.15, 0.2) is 11.6 Å². The molecule has 0 saturated heterocycles. The van der Waals surface area contributed by atoms with Crippen LogP contribution in [0.2, 0.25) is 0 Å². The molecule has 94 valence electrons. The van der Waals surface area contributed by atoms with Crippen LogP contribution >= 0.6 is 0 Å². The molecule has 0 atom stereocenters. The first-order valence-electron chi connectivity index (χ1n) is 5.71. The molecule has 4 heteroatoms. The molecule has 18 heavy (non-hydrogen) atoms. The molecule has 1 N–H and O–H groups in total. The molecular formula is C14H15FN2O. The van der Waals surface area contributed by atoms with Crippen LogP contribution in [-0.4, -0.2) is 12.1 Å². The number of nitrogens with zero attached hydrogens (tertiary/aromatic N) is 1. The van der Waals surface area contributed by atoms with E-state index in [-0.39, 0.29) is 11.6 Å². The average Bonchev–Trinajstić information content (AvgIpc) is 2.40. The highest BCUT2D eigenvalue weighted by atomic mass is 19.1. The molecule has 0 spiro atoms. The molecule has 0 bridgehead atoms. The van der Waals surface area contributed by atoms with Crippen molar-refractivity contribution in [3.8, 4) is 5.75 Å². The third-order valence-corrected chi connectivity index (χ3v) is 2.62. The third kappa shape index (κ3) is 3.28. The molecule has 2 rings (SSSR count). The normalized spacial score (nSPS) is 10.3. The van der Waals surface area contributed by atoms with Gasteiger partial charge in [-0.1, -0.05) is 6.07 Å². The molecule has 1 aromatic carbocycles. The smallest absolute Gasteiger partial charge is 0.165 e. The fourth-order valence-electron chi connectivity index (χ4n) is 1.67. The number of nitrogens with one attached hydrogen (secondary N) is 1. The van der Waals surface area contributed by atoms with Crippen molar-refractivity contribution in [1.29, 1.82) is 0 Å². The summed E-state index contributed by atoms with van der Waals surface area (Å²) in [4.78, 5) is 3.95. The van der Waals surface area contributed by atoms with Gasteiger partial charge in [-0.25, -0.2) is 4.39 Å². The zero-order valence-corrected chi connectivity index (χ0v) is 10.2. The Morgan fingerprint density at radius 2 is 1.83 bits per heavy atom. The second-order valence-electron chi connectivity index (χ2n) is 3.93. The second-order valence-corrected chi connectivity index (χ2v) is 3.93. The molecule has 0 amide bonds. The lowest BCUT2D eigenvalue weighted by Gasteiger charge is -2.07. The summed E-state index contributed by atoms with van der Waals surface area (Å²) >= 11 is 0. The molecule has 0 unspecified atom stereocenters. The maximum absolute atomic E-state index is 13.4. The van der Waals surface area contributed by atoms with Crippen molar-refractivity contribution in [1.82, 2.24) is 10.3 Å². The molecule has 1 heterocycles. The topological polar surface area (TPSA) is 34.1 Å². The summed E-state index contributed by atoms with van der Waals surface area (Å²) in [5.41, 5.74) is 2.04. The first-order valence-corrected chi connectivity index (χ1v) is 5.71. The van der Waals surface area contributed by atoms with E-state index in [1.165, 1.54) is 13.2 Å². The van der Waals surface area contributed by atoms with Gasteiger partial charge in [-0.3, -0.25) is 4.98 Å². The summed E-state index contributed by atoms with van der Waals surface area (Å²) in [6.07, 6.45) is 3.51. The Morgan fingerprint density at radius 3 is 2.50 bits per heavy atom. The predicted octanol–water partition coefficient (Wildman–Crippen LogP) is 2.52. The Bertz CT molecular complexity index is 502. The van der Waals surface area contributed by atoms with Gasteiger partial charge in [0.05, 0.1) is 7.11 Å². The van der Waals surface area contributed by atoms with Crippen LogP contribution in [0.1, 0.15) is 11.1 Å². The van der Waals surface area contributed by atoms with Gasteiger partial charge in [0, 0.05) is 25.5 Å². The quantitative estimate of drug-likeness (QED) is 0.880. The minimum Gasteiger partial charge on any atom is -0.494 e. The lowest BCUT2D eigenvalue weighted by atomic mass is 10.2. The van der Waals surface area contributed by atoms with Crippen LogP contribution in [-0.2, 0) is 13.1 Å². The molecular weight excluding hydrogens is 231 g/mol. The van der Waals surface area contributed by atoms with Gasteiger partial charge < -0.3 is 10.1 Å². The minimum atomic E-state index is -0.333. The Balaban J connectivity index is 1.89. The first kappa shape index (κ1) is 12.5. The van der Waals surface area contributed by atoms with Crippen molar-refractivity contribution >= 4 is 0 Å². The van der Waals surface area contributed by atoms with Crippen molar-refractivity contribution in [2.45, 2.75) is 13.1 Å². The van der Waals surface area contributed by atoms with Gasteiger partial charge in [-0.2, -0.15) is 0 Å². The molecule has 0 aliphatic carbocycles. The highest BCUT2D eigenvalue weighted by Gasteiger charge is 2.02. The van der Waals surface area contributed by atoms with Gasteiger partial charge in [-0.15, -0.1) is 0 Å². The molecule has 1 aromatic heterocycles. The van der Waals surface area contributed by atoms with Crippen molar-refractivity contribution in [3.63, 3.8) is 0 Å². The number of pyridine rings is 1. The molecule has 0 fully saturated rings. The van der Waals surface area contributed by atoms with E-state index < -0.39 is 0 Å². The maximum Gasteiger partial charge on any atom is 0.165 e. The molecule has 0 aliphatic rings. The third-order valence-electron chi connectivity index (χ3n) is 2.62. The molecule has 0 saturated carbocycles. The zero-order chi connectivity index (χ0) is 12.8. The molecule has 3 nitrogen and oxygen atoms in total. The van der Waals surface area contributed by atoms with E-state index in [1.54, 1.807) is 18.5 Å². The summed E-state index contributed by atoms with van der Waals surface area (Å²) in [6, 6.07) is 8.86. The molecule has 2 aromatic rings. The van der Waals surface area contributed by atoms with Gasteiger partial charge in [0.1, 0.15) is 0 Å². The van der Waals surface area contributed by atoms with Crippen molar-refractivity contribution < 1.29 is 9.13 Å². The highest BCUT2D eigenvalue weighted by Crippen LogP contribution is 2.17. The first-order chi connectivity index (χ1) is 8.79. The average molecular weight is 246 g/mol. The Morgan fingerprint density at radius 1 is 1.11 bits per heavy atom. The lowest BCUT2D eigenvalue weighted by molar-refractivity contribution is 0.386. The number of hydrogen-bond donors (Lipinski definition) is 1. The SMILES string of the molecule is COc1ccc(CNCc2ccncc2)cc1F. The zero-order valence-electron chi connectivity index (χ0n) is 10.2. The number of ether oxygens (including phenoxy) is 1. The monoisotopic (exact) mass is 246 g/mol. The fraction of sp³-hybridized carbons (Fsp3) is 0.214. The number of aromatic nitrogens is 1. The summed E-state index contributed by atoms with van der Waals surface area (Å²) < 4.78 is 18.3. The van der Waals surface area contributed by atoms with E-state index in [4.69, 9.17) is 4.74 Å². The van der Waals surface area contributed by atoms with E-state index in [2.05, 4.69) is 10.3 Å². The van der Waals surface area contributed by atoms with E-state index in [0.717, 1.165) is 17.7 Å². The lowest BCUT2D eigenvalue weighted by Crippen LogP contribution is -2.12. The van der Waals surface area contributed by atoms with Crippen LogP contribution in [0.25, 0.3) is 0 Å². The number of methoxy groups -OCH3 is 1. The standard InChI is InChI=1S/C14H15FN2O/c1-18-14-3-2-12(8-13(14)15)10-17-9-11-4-6-16-7-5-11/h2-8,17H,9-10H2,1H3. The van der Waals surface area contributed by atoms with Gasteiger partial charge in [0.2, 0.25) is 0 Å². The van der Waals surface area contributed by atoms with Crippen LogP contribution in [0.3, 0.4) is 0 Å². The van der Waals surface area contributed by atoms with Crippen LogP contribution < -0.4 is 10.1 Å². The minimum absolute atomic E-state index is 0.271. The number of halogens is 1. The van der Waals surface area contributed by atoms with Crippen LogP contribution in [0.5, 0.6) is 5.75 Å². The number of benzene rings is 1. The van der Waals surface area contributed by atoms with E-state index >= 15 is 0 Å². The van der Waals surface area contributed by atoms with Crippen molar-refractivity contribution in [2.75, 3.05) is 7.11 Å². The Kier molecular flexibility index (Phi) is 4.25. The Hall–Kier alpha value is -1.94. The van der Waals surface area contributed by atoms with E-state index in [1.807, 2.05) is 18.2 Å². The molecule has 0 radical (unpaired) electrons. The van der Waals surface area contributed by atoms with Gasteiger partial charge in [0.25, 0.3) is 0 Å². The summed E-state index contributed by atoms with van der Waals surface area (Å²) in [5, 5.41) is 3.25. The maximum atomic E-state index is 13.4. The van der Waals surface area contributed by atoms with Crippen LogP contribution in [0, 0.1) is 5.82 Å². The summed E-state index contributed by atoms with van der Waals surface area (Å²) in [7, 11) is 1.46. The van der Waals surface area contributed by atoms with Gasteiger partial charge >= 0.3 is 0 Å². The van der Waals surface area contributed by atoms with Crippen LogP contribution in [0.15, 0.2) is 42.7 Å². The summed E-state index contributed by atoms with van der Waals surface area (Å²) in [5.74, 6) is -0.0615. The largest absolute Gasteiger partial charge is 0.494 e. The summed E-state index contributed by atoms with van der Waals surface area (Å²) in [6.45, 7) is 1.35. The van der Waals surface area contributed by atoms with Crippen LogP contribution in [0.4, 0.5) is 4.39 Å².